The molecule has 1 N–H and O–H groups in total. The fraction of sp³-hybridized carbons (Fsp3) is 0.160. The van der Waals surface area contributed by atoms with Crippen LogP contribution in [-0.4, -0.2) is 43.6 Å². The molecule has 2 aromatic carbocycles. The third-order valence-corrected chi connectivity index (χ3v) is 5.71. The fourth-order valence-corrected chi connectivity index (χ4v) is 4.12. The number of hydrogen-bond donors (Lipinski definition) is 1. The Morgan fingerprint density at radius 1 is 0.938 bits per heavy atom. The molecule has 7 nitrogen and oxygen atoms in total. The van der Waals surface area contributed by atoms with Crippen LogP contribution >= 0.6 is 0 Å². The minimum atomic E-state index is -0.514. The normalized spacial score (nSPS) is 15.6. The largest absolute Gasteiger partial charge is 0.327 e. The van der Waals surface area contributed by atoms with E-state index in [0.717, 1.165) is 17.8 Å². The molecule has 1 atom stereocenters. The van der Waals surface area contributed by atoms with Gasteiger partial charge in [-0.1, -0.05) is 30.3 Å². The predicted octanol–water partition coefficient (Wildman–Crippen LogP) is 3.91. The molecule has 2 amide bonds. The SMILES string of the molecule is O=C(Nc1ccccc1-n1cccc1)[C@@H]1CCCN1C(=O)c1cnn(-c2ccccc2)c1. The predicted molar refractivity (Wildman–Crippen MR) is 122 cm³/mol. The van der Waals surface area contributed by atoms with Gasteiger partial charge in [0.15, 0.2) is 0 Å². The number of aromatic nitrogens is 3. The molecular formula is C25H23N5O2. The molecule has 5 rings (SSSR count). The third-order valence-electron chi connectivity index (χ3n) is 5.71. The third kappa shape index (κ3) is 3.80. The van der Waals surface area contributed by atoms with Gasteiger partial charge < -0.3 is 14.8 Å². The van der Waals surface area contributed by atoms with Crippen molar-refractivity contribution in [1.82, 2.24) is 19.2 Å². The molecule has 0 unspecified atom stereocenters. The summed E-state index contributed by atoms with van der Waals surface area (Å²) in [5.74, 6) is -0.352. The molecule has 0 aliphatic carbocycles. The van der Waals surface area contributed by atoms with E-state index in [1.807, 2.05) is 83.7 Å². The van der Waals surface area contributed by atoms with Gasteiger partial charge in [0.05, 0.1) is 28.8 Å². The maximum atomic E-state index is 13.2. The van der Waals surface area contributed by atoms with Gasteiger partial charge in [0.25, 0.3) is 5.91 Å². The van der Waals surface area contributed by atoms with Crippen molar-refractivity contribution >= 4 is 17.5 Å². The Balaban J connectivity index is 1.34. The first-order chi connectivity index (χ1) is 15.7. The summed E-state index contributed by atoms with van der Waals surface area (Å²) in [6, 6.07) is 20.6. The average Bonchev–Trinajstić information content (AvgIpc) is 3.61. The van der Waals surface area contributed by atoms with E-state index in [1.54, 1.807) is 22.0 Å². The van der Waals surface area contributed by atoms with E-state index in [1.165, 1.54) is 0 Å². The van der Waals surface area contributed by atoms with E-state index in [9.17, 15) is 9.59 Å². The number of nitrogens with one attached hydrogen (secondary N) is 1. The first-order valence-electron chi connectivity index (χ1n) is 10.6. The van der Waals surface area contributed by atoms with Crippen LogP contribution in [0.3, 0.4) is 0 Å². The van der Waals surface area contributed by atoms with E-state index in [-0.39, 0.29) is 11.8 Å². The highest BCUT2D eigenvalue weighted by molar-refractivity contribution is 6.02. The molecule has 1 aliphatic rings. The summed E-state index contributed by atoms with van der Waals surface area (Å²) >= 11 is 0. The minimum absolute atomic E-state index is 0.175. The lowest BCUT2D eigenvalue weighted by Crippen LogP contribution is -2.43. The maximum Gasteiger partial charge on any atom is 0.257 e. The van der Waals surface area contributed by atoms with Crippen molar-refractivity contribution in [3.8, 4) is 11.4 Å². The molecule has 1 saturated heterocycles. The summed E-state index contributed by atoms with van der Waals surface area (Å²) in [6.45, 7) is 0.548. The number of amides is 2. The molecule has 32 heavy (non-hydrogen) atoms. The topological polar surface area (TPSA) is 72.2 Å². The highest BCUT2D eigenvalue weighted by Crippen LogP contribution is 2.25. The summed E-state index contributed by atoms with van der Waals surface area (Å²) in [5.41, 5.74) is 2.95. The Bertz CT molecular complexity index is 1230. The van der Waals surface area contributed by atoms with Crippen LogP contribution in [0.5, 0.6) is 0 Å². The van der Waals surface area contributed by atoms with Gasteiger partial charge in [0, 0.05) is 25.1 Å². The summed E-state index contributed by atoms with van der Waals surface area (Å²) in [7, 11) is 0. The van der Waals surface area contributed by atoms with Crippen LogP contribution < -0.4 is 5.32 Å². The van der Waals surface area contributed by atoms with Gasteiger partial charge in [0.2, 0.25) is 5.91 Å². The van der Waals surface area contributed by atoms with Gasteiger partial charge in [-0.2, -0.15) is 5.10 Å². The van der Waals surface area contributed by atoms with E-state index in [0.29, 0.717) is 24.2 Å². The number of carbonyl (C=O) groups excluding carboxylic acids is 2. The number of carbonyl (C=O) groups is 2. The van der Waals surface area contributed by atoms with Crippen LogP contribution in [-0.2, 0) is 4.79 Å². The van der Waals surface area contributed by atoms with Crippen LogP contribution in [0.2, 0.25) is 0 Å². The Morgan fingerprint density at radius 3 is 2.50 bits per heavy atom. The number of benzene rings is 2. The number of hydrogen-bond acceptors (Lipinski definition) is 3. The summed E-state index contributed by atoms with van der Waals surface area (Å²) in [4.78, 5) is 28.0. The highest BCUT2D eigenvalue weighted by Gasteiger charge is 2.35. The molecule has 7 heteroatoms. The van der Waals surface area contributed by atoms with Gasteiger partial charge in [-0.05, 0) is 49.2 Å². The highest BCUT2D eigenvalue weighted by atomic mass is 16.2. The molecule has 1 fully saturated rings. The monoisotopic (exact) mass is 425 g/mol. The quantitative estimate of drug-likeness (QED) is 0.527. The minimum Gasteiger partial charge on any atom is -0.327 e. The van der Waals surface area contributed by atoms with E-state index >= 15 is 0 Å². The van der Waals surface area contributed by atoms with Crippen molar-refractivity contribution in [1.29, 1.82) is 0 Å². The molecule has 3 heterocycles. The van der Waals surface area contributed by atoms with Crippen molar-refractivity contribution in [2.45, 2.75) is 18.9 Å². The van der Waals surface area contributed by atoms with Crippen LogP contribution in [0.1, 0.15) is 23.2 Å². The second kappa shape index (κ2) is 8.55. The lowest BCUT2D eigenvalue weighted by molar-refractivity contribution is -0.119. The van der Waals surface area contributed by atoms with E-state index < -0.39 is 6.04 Å². The lowest BCUT2D eigenvalue weighted by Gasteiger charge is -2.24. The Morgan fingerprint density at radius 2 is 1.69 bits per heavy atom. The number of rotatable bonds is 5. The molecule has 0 bridgehead atoms. The Kier molecular flexibility index (Phi) is 5.29. The van der Waals surface area contributed by atoms with Crippen molar-refractivity contribution in [3.05, 3.63) is 97.1 Å². The van der Waals surface area contributed by atoms with Crippen LogP contribution in [0.15, 0.2) is 91.5 Å². The van der Waals surface area contributed by atoms with E-state index in [2.05, 4.69) is 10.4 Å². The van der Waals surface area contributed by atoms with Gasteiger partial charge in [-0.25, -0.2) is 4.68 Å². The molecule has 4 aromatic rings. The Labute approximate surface area is 185 Å². The van der Waals surface area contributed by atoms with Gasteiger partial charge in [0.1, 0.15) is 6.04 Å². The average molecular weight is 425 g/mol. The number of anilines is 1. The zero-order chi connectivity index (χ0) is 21.9. The van der Waals surface area contributed by atoms with Crippen molar-refractivity contribution < 1.29 is 9.59 Å². The van der Waals surface area contributed by atoms with Crippen molar-refractivity contribution in [2.24, 2.45) is 0 Å². The molecule has 1 aliphatic heterocycles. The number of nitrogens with zero attached hydrogens (tertiary/aromatic N) is 4. The smallest absolute Gasteiger partial charge is 0.257 e. The summed E-state index contributed by atoms with van der Waals surface area (Å²) < 4.78 is 3.62. The van der Waals surface area contributed by atoms with Crippen LogP contribution in [0.25, 0.3) is 11.4 Å². The van der Waals surface area contributed by atoms with Crippen LogP contribution in [0.4, 0.5) is 5.69 Å². The fourth-order valence-electron chi connectivity index (χ4n) is 4.12. The second-order valence-electron chi connectivity index (χ2n) is 7.76. The lowest BCUT2D eigenvalue weighted by atomic mass is 10.1. The molecule has 0 spiro atoms. The summed E-state index contributed by atoms with van der Waals surface area (Å²) in [5, 5.41) is 7.36. The first-order valence-corrected chi connectivity index (χ1v) is 10.6. The van der Waals surface area contributed by atoms with Crippen molar-refractivity contribution in [2.75, 3.05) is 11.9 Å². The zero-order valence-corrected chi connectivity index (χ0v) is 17.5. The maximum absolute atomic E-state index is 13.2. The van der Waals surface area contributed by atoms with E-state index in [4.69, 9.17) is 0 Å². The molecule has 2 aromatic heterocycles. The van der Waals surface area contributed by atoms with Gasteiger partial charge >= 0.3 is 0 Å². The number of para-hydroxylation sites is 3. The van der Waals surface area contributed by atoms with Crippen LogP contribution in [0, 0.1) is 0 Å². The summed E-state index contributed by atoms with van der Waals surface area (Å²) in [6.07, 6.45) is 8.56. The molecule has 160 valence electrons. The van der Waals surface area contributed by atoms with Gasteiger partial charge in [-0.3, -0.25) is 9.59 Å². The molecule has 0 saturated carbocycles. The molecule has 0 radical (unpaired) electrons. The Hall–Kier alpha value is -4.13. The van der Waals surface area contributed by atoms with Crippen molar-refractivity contribution in [3.63, 3.8) is 0 Å². The standard InChI is InChI=1S/C25H23N5O2/c31-24(27-21-11-4-5-12-22(21)28-14-6-7-15-28)23-13-8-16-29(23)25(32)19-17-26-30(18-19)20-9-2-1-3-10-20/h1-7,9-12,14-15,17-18,23H,8,13,16H2,(H,27,31)/t23-/m0/s1. The van der Waals surface area contributed by atoms with Gasteiger partial charge in [-0.15, -0.1) is 0 Å². The zero-order valence-electron chi connectivity index (χ0n) is 17.5. The molecular weight excluding hydrogens is 402 g/mol. The number of likely N-dealkylation sites (tertiary alicyclic amines) is 1. The first kappa shape index (κ1) is 19.8. The second-order valence-corrected chi connectivity index (χ2v) is 7.76.